The quantitative estimate of drug-likeness (QED) is 0.904. The molecule has 104 valence electrons. The maximum atomic E-state index is 14.2. The Hall–Kier alpha value is -1.98. The zero-order valence-corrected chi connectivity index (χ0v) is 10.7. The molecule has 0 aliphatic carbocycles. The molecule has 1 aromatic rings. The second kappa shape index (κ2) is 5.34. The first-order chi connectivity index (χ1) is 9.04. The van der Waals surface area contributed by atoms with E-state index in [0.717, 1.165) is 0 Å². The van der Waals surface area contributed by atoms with Gasteiger partial charge in [0.25, 0.3) is 0 Å². The molecule has 1 heterocycles. The molecular weight excluding hydrogens is 255 g/mol. The minimum Gasteiger partial charge on any atom is -0.494 e. The summed E-state index contributed by atoms with van der Waals surface area (Å²) in [6.45, 7) is 2.19. The molecule has 19 heavy (non-hydrogen) atoms. The van der Waals surface area contributed by atoms with E-state index in [1.807, 2.05) is 0 Å². The van der Waals surface area contributed by atoms with Gasteiger partial charge >= 0.3 is 5.97 Å². The third-order valence-corrected chi connectivity index (χ3v) is 2.98. The van der Waals surface area contributed by atoms with Gasteiger partial charge in [0.1, 0.15) is 13.2 Å². The third-order valence-electron chi connectivity index (χ3n) is 2.98. The Morgan fingerprint density at radius 2 is 2.21 bits per heavy atom. The molecule has 1 N–H and O–H groups in total. The van der Waals surface area contributed by atoms with Crippen LogP contribution in [0.5, 0.6) is 17.2 Å². The summed E-state index contributed by atoms with van der Waals surface area (Å²) in [5.41, 5.74) is 0.184. The maximum absolute atomic E-state index is 14.2. The molecule has 0 amide bonds. The average molecular weight is 270 g/mol. The zero-order chi connectivity index (χ0) is 14.0. The van der Waals surface area contributed by atoms with Crippen LogP contribution in [-0.2, 0) is 11.2 Å². The minimum atomic E-state index is -0.993. The smallest absolute Gasteiger partial charge is 0.306 e. The van der Waals surface area contributed by atoms with Gasteiger partial charge in [-0.15, -0.1) is 0 Å². The van der Waals surface area contributed by atoms with Crippen molar-refractivity contribution in [2.45, 2.75) is 13.3 Å². The maximum Gasteiger partial charge on any atom is 0.306 e. The zero-order valence-electron chi connectivity index (χ0n) is 10.7. The summed E-state index contributed by atoms with van der Waals surface area (Å²) in [7, 11) is 1.35. The van der Waals surface area contributed by atoms with Gasteiger partial charge in [0.15, 0.2) is 23.1 Å². The van der Waals surface area contributed by atoms with Gasteiger partial charge in [-0.3, -0.25) is 4.79 Å². The van der Waals surface area contributed by atoms with Crippen LogP contribution in [-0.4, -0.2) is 31.4 Å². The molecule has 1 aromatic carbocycles. The summed E-state index contributed by atoms with van der Waals surface area (Å²) in [5, 5.41) is 8.94. The van der Waals surface area contributed by atoms with Crippen molar-refractivity contribution >= 4 is 5.97 Å². The molecule has 0 fully saturated rings. The normalized spacial score (nSPS) is 14.9. The lowest BCUT2D eigenvalue weighted by molar-refractivity contribution is -0.141. The fourth-order valence-electron chi connectivity index (χ4n) is 1.93. The Kier molecular flexibility index (Phi) is 3.78. The van der Waals surface area contributed by atoms with E-state index in [-0.39, 0.29) is 23.5 Å². The van der Waals surface area contributed by atoms with Crippen molar-refractivity contribution in [3.05, 3.63) is 17.4 Å². The van der Waals surface area contributed by atoms with Gasteiger partial charge < -0.3 is 19.3 Å². The van der Waals surface area contributed by atoms with Crippen LogP contribution < -0.4 is 14.2 Å². The summed E-state index contributed by atoms with van der Waals surface area (Å²) < 4.78 is 30.0. The van der Waals surface area contributed by atoms with E-state index in [4.69, 9.17) is 19.3 Å². The highest BCUT2D eigenvalue weighted by Gasteiger charge is 2.26. The lowest BCUT2D eigenvalue weighted by atomic mass is 9.99. The number of rotatable bonds is 4. The first-order valence-corrected chi connectivity index (χ1v) is 5.92. The molecule has 1 aliphatic heterocycles. The third kappa shape index (κ3) is 2.57. The van der Waals surface area contributed by atoms with Gasteiger partial charge in [0.05, 0.1) is 13.0 Å². The molecule has 1 atom stereocenters. The number of carboxylic acids is 1. The molecule has 0 bridgehead atoms. The monoisotopic (exact) mass is 270 g/mol. The van der Waals surface area contributed by atoms with Crippen LogP contribution in [0.1, 0.15) is 12.5 Å². The van der Waals surface area contributed by atoms with Crippen molar-refractivity contribution in [3.63, 3.8) is 0 Å². The molecule has 5 nitrogen and oxygen atoms in total. The summed E-state index contributed by atoms with van der Waals surface area (Å²) >= 11 is 0. The van der Waals surface area contributed by atoms with Crippen molar-refractivity contribution in [2.24, 2.45) is 5.92 Å². The van der Waals surface area contributed by atoms with Crippen LogP contribution in [0.3, 0.4) is 0 Å². The van der Waals surface area contributed by atoms with Crippen molar-refractivity contribution in [2.75, 3.05) is 20.3 Å². The molecule has 0 saturated heterocycles. The molecule has 0 radical (unpaired) electrons. The molecule has 0 aromatic heterocycles. The number of fused-ring (bicyclic) bond motifs is 1. The molecule has 1 unspecified atom stereocenters. The predicted octanol–water partition coefficient (Wildman–Crippen LogP) is 1.87. The van der Waals surface area contributed by atoms with Crippen LogP contribution in [0.15, 0.2) is 6.07 Å². The fraction of sp³-hybridized carbons (Fsp3) is 0.462. The summed E-state index contributed by atoms with van der Waals surface area (Å²) in [5.74, 6) is -1.63. The number of halogens is 1. The standard InChI is InChI=1S/C13H15FO5/c1-7(13(15)16)5-8-11(14)9(17-2)6-10-12(8)19-4-3-18-10/h6-7H,3-5H2,1-2H3,(H,15,16). The number of benzene rings is 1. The van der Waals surface area contributed by atoms with E-state index in [0.29, 0.717) is 19.0 Å². The van der Waals surface area contributed by atoms with Gasteiger partial charge in [0.2, 0.25) is 0 Å². The SMILES string of the molecule is COc1cc2c(c(CC(C)C(=O)O)c1F)OCCO2. The molecular formula is C13H15FO5. The highest BCUT2D eigenvalue weighted by Crippen LogP contribution is 2.41. The van der Waals surface area contributed by atoms with E-state index < -0.39 is 17.7 Å². The van der Waals surface area contributed by atoms with E-state index in [9.17, 15) is 9.18 Å². The Labute approximate surface area is 109 Å². The minimum absolute atomic E-state index is 0.0179. The highest BCUT2D eigenvalue weighted by atomic mass is 19.1. The lowest BCUT2D eigenvalue weighted by Gasteiger charge is -2.23. The number of hydrogen-bond donors (Lipinski definition) is 1. The van der Waals surface area contributed by atoms with Crippen LogP contribution in [0.25, 0.3) is 0 Å². The number of aliphatic carboxylic acids is 1. The van der Waals surface area contributed by atoms with E-state index in [1.54, 1.807) is 0 Å². The second-order valence-corrected chi connectivity index (χ2v) is 4.34. The molecule has 0 spiro atoms. The summed E-state index contributed by atoms with van der Waals surface area (Å²) in [4.78, 5) is 10.9. The molecule has 2 rings (SSSR count). The lowest BCUT2D eigenvalue weighted by Crippen LogP contribution is -2.20. The topological polar surface area (TPSA) is 65.0 Å². The van der Waals surface area contributed by atoms with Gasteiger partial charge in [-0.05, 0) is 6.42 Å². The van der Waals surface area contributed by atoms with Gasteiger partial charge in [0, 0.05) is 11.6 Å². The molecule has 1 aliphatic rings. The van der Waals surface area contributed by atoms with Gasteiger partial charge in [-0.1, -0.05) is 6.92 Å². The van der Waals surface area contributed by atoms with Crippen molar-refractivity contribution < 1.29 is 28.5 Å². The Morgan fingerprint density at radius 1 is 1.53 bits per heavy atom. The number of carboxylic acid groups (broad SMARTS) is 1. The van der Waals surface area contributed by atoms with Crippen LogP contribution in [0.4, 0.5) is 4.39 Å². The Morgan fingerprint density at radius 3 is 2.84 bits per heavy atom. The van der Waals surface area contributed by atoms with E-state index in [2.05, 4.69) is 0 Å². The van der Waals surface area contributed by atoms with Gasteiger partial charge in [-0.25, -0.2) is 4.39 Å². The first kappa shape index (κ1) is 13.5. The van der Waals surface area contributed by atoms with Crippen molar-refractivity contribution in [1.29, 1.82) is 0 Å². The van der Waals surface area contributed by atoms with E-state index in [1.165, 1.54) is 20.1 Å². The van der Waals surface area contributed by atoms with Crippen LogP contribution in [0, 0.1) is 11.7 Å². The Bertz CT molecular complexity index is 500. The molecule has 6 heteroatoms. The predicted molar refractivity (Wildman–Crippen MR) is 64.4 cm³/mol. The average Bonchev–Trinajstić information content (AvgIpc) is 2.41. The van der Waals surface area contributed by atoms with E-state index >= 15 is 0 Å². The van der Waals surface area contributed by atoms with Crippen molar-refractivity contribution in [3.8, 4) is 17.2 Å². The van der Waals surface area contributed by atoms with Crippen LogP contribution in [0.2, 0.25) is 0 Å². The molecule has 0 saturated carbocycles. The van der Waals surface area contributed by atoms with Gasteiger partial charge in [-0.2, -0.15) is 0 Å². The number of carbonyl (C=O) groups is 1. The number of methoxy groups -OCH3 is 1. The van der Waals surface area contributed by atoms with Crippen molar-refractivity contribution in [1.82, 2.24) is 0 Å². The second-order valence-electron chi connectivity index (χ2n) is 4.34. The Balaban J connectivity index is 2.46. The first-order valence-electron chi connectivity index (χ1n) is 5.92. The summed E-state index contributed by atoms with van der Waals surface area (Å²) in [6, 6.07) is 1.42. The largest absolute Gasteiger partial charge is 0.494 e. The fourth-order valence-corrected chi connectivity index (χ4v) is 1.93. The number of ether oxygens (including phenoxy) is 3. The van der Waals surface area contributed by atoms with Crippen LogP contribution >= 0.6 is 0 Å². The number of hydrogen-bond acceptors (Lipinski definition) is 4. The summed E-state index contributed by atoms with van der Waals surface area (Å²) in [6.07, 6.45) is 0.0179. The highest BCUT2D eigenvalue weighted by molar-refractivity contribution is 5.70.